The second-order valence-corrected chi connectivity index (χ2v) is 5.01. The summed E-state index contributed by atoms with van der Waals surface area (Å²) >= 11 is 1.72. The zero-order valence-corrected chi connectivity index (χ0v) is 10.7. The summed E-state index contributed by atoms with van der Waals surface area (Å²) in [5.74, 6) is 6.02. The van der Waals surface area contributed by atoms with E-state index in [-0.39, 0.29) is 0 Å². The van der Waals surface area contributed by atoms with Crippen LogP contribution in [0, 0.1) is 13.8 Å². The Hall–Kier alpha value is -1.52. The van der Waals surface area contributed by atoms with Crippen molar-refractivity contribution in [3.05, 3.63) is 47.7 Å². The molecule has 17 heavy (non-hydrogen) atoms. The van der Waals surface area contributed by atoms with Gasteiger partial charge in [-0.3, -0.25) is 0 Å². The van der Waals surface area contributed by atoms with Gasteiger partial charge in [0.15, 0.2) is 0 Å². The predicted molar refractivity (Wildman–Crippen MR) is 72.1 cm³/mol. The first kappa shape index (κ1) is 12.0. The lowest BCUT2D eigenvalue weighted by Gasteiger charge is -2.07. The van der Waals surface area contributed by atoms with Crippen molar-refractivity contribution in [2.75, 3.05) is 5.43 Å². The summed E-state index contributed by atoms with van der Waals surface area (Å²) in [4.78, 5) is 6.47. The van der Waals surface area contributed by atoms with Gasteiger partial charge in [-0.25, -0.2) is 10.8 Å². The molecule has 1 heterocycles. The molecule has 0 unspecified atom stereocenters. The van der Waals surface area contributed by atoms with Crippen LogP contribution in [0.15, 0.2) is 46.3 Å². The van der Waals surface area contributed by atoms with Crippen molar-refractivity contribution in [3.8, 4) is 0 Å². The van der Waals surface area contributed by atoms with E-state index in [9.17, 15) is 0 Å². The summed E-state index contributed by atoms with van der Waals surface area (Å²) < 4.78 is 0. The van der Waals surface area contributed by atoms with E-state index < -0.39 is 0 Å². The van der Waals surface area contributed by atoms with Crippen molar-refractivity contribution in [1.29, 1.82) is 0 Å². The summed E-state index contributed by atoms with van der Waals surface area (Å²) in [7, 11) is 0. The van der Waals surface area contributed by atoms with Crippen LogP contribution in [0.3, 0.4) is 0 Å². The number of aryl methyl sites for hydroxylation is 2. The molecule has 2 aromatic rings. The van der Waals surface area contributed by atoms with Crippen molar-refractivity contribution in [3.63, 3.8) is 0 Å². The van der Waals surface area contributed by atoms with Crippen LogP contribution in [0.5, 0.6) is 0 Å². The minimum absolute atomic E-state index is 0.680. The number of nitrogens with one attached hydrogen (secondary N) is 1. The number of hydrogen-bond donors (Lipinski definition) is 2. The normalized spacial score (nSPS) is 10.3. The Kier molecular flexibility index (Phi) is 3.66. The molecular formula is C13H15N3S. The zero-order valence-electron chi connectivity index (χ0n) is 9.90. The van der Waals surface area contributed by atoms with Crippen molar-refractivity contribution in [1.82, 2.24) is 4.98 Å². The Bertz CT molecular complexity index is 526. The molecule has 1 aromatic heterocycles. The lowest BCUT2D eigenvalue weighted by molar-refractivity contribution is 1.19. The fraction of sp³-hybridized carbons (Fsp3) is 0.154. The number of rotatable bonds is 3. The molecule has 2 rings (SSSR count). The number of benzene rings is 1. The number of nitrogens with zero attached hydrogens (tertiary/aromatic N) is 1. The summed E-state index contributed by atoms with van der Waals surface area (Å²) in [6.45, 7) is 4.23. The third kappa shape index (κ3) is 2.99. The molecule has 0 fully saturated rings. The standard InChI is InChI=1S/C13H15N3S/c1-9-3-4-12(10(2)7-9)17-11-5-6-15-13(8-11)16-14/h3-8H,14H2,1-2H3,(H,15,16). The van der Waals surface area contributed by atoms with Crippen LogP contribution in [0.2, 0.25) is 0 Å². The zero-order chi connectivity index (χ0) is 12.3. The molecule has 3 nitrogen and oxygen atoms in total. The molecule has 0 spiro atoms. The quantitative estimate of drug-likeness (QED) is 0.644. The van der Waals surface area contributed by atoms with E-state index in [4.69, 9.17) is 5.84 Å². The van der Waals surface area contributed by atoms with Gasteiger partial charge in [0, 0.05) is 16.0 Å². The molecule has 0 aliphatic rings. The molecular weight excluding hydrogens is 230 g/mol. The molecule has 0 amide bonds. The highest BCUT2D eigenvalue weighted by molar-refractivity contribution is 7.99. The lowest BCUT2D eigenvalue weighted by atomic mass is 10.2. The molecule has 0 atom stereocenters. The third-order valence-electron chi connectivity index (χ3n) is 2.44. The Labute approximate surface area is 105 Å². The highest BCUT2D eigenvalue weighted by Crippen LogP contribution is 2.31. The number of aromatic nitrogens is 1. The van der Waals surface area contributed by atoms with Gasteiger partial charge in [-0.15, -0.1) is 0 Å². The van der Waals surface area contributed by atoms with Gasteiger partial charge in [0.1, 0.15) is 5.82 Å². The molecule has 0 aliphatic carbocycles. The fourth-order valence-electron chi connectivity index (χ4n) is 1.59. The van der Waals surface area contributed by atoms with E-state index in [1.807, 2.05) is 12.1 Å². The molecule has 4 heteroatoms. The van der Waals surface area contributed by atoms with E-state index in [1.165, 1.54) is 16.0 Å². The predicted octanol–water partition coefficient (Wildman–Crippen LogP) is 3.14. The van der Waals surface area contributed by atoms with E-state index in [0.29, 0.717) is 5.82 Å². The van der Waals surface area contributed by atoms with Gasteiger partial charge in [-0.2, -0.15) is 0 Å². The Balaban J connectivity index is 2.25. The van der Waals surface area contributed by atoms with Crippen molar-refractivity contribution < 1.29 is 0 Å². The van der Waals surface area contributed by atoms with Gasteiger partial charge in [-0.1, -0.05) is 29.5 Å². The number of pyridine rings is 1. The molecule has 1 aromatic carbocycles. The van der Waals surface area contributed by atoms with Crippen LogP contribution in [-0.2, 0) is 0 Å². The Morgan fingerprint density at radius 2 is 2.00 bits per heavy atom. The highest BCUT2D eigenvalue weighted by atomic mass is 32.2. The van der Waals surface area contributed by atoms with Gasteiger partial charge in [0.25, 0.3) is 0 Å². The fourth-order valence-corrected chi connectivity index (χ4v) is 2.50. The summed E-state index contributed by atoms with van der Waals surface area (Å²) in [6.07, 6.45) is 1.75. The topological polar surface area (TPSA) is 50.9 Å². The monoisotopic (exact) mass is 245 g/mol. The number of nitrogens with two attached hydrogens (primary N) is 1. The molecule has 0 bridgehead atoms. The first-order valence-corrected chi connectivity index (χ1v) is 6.18. The van der Waals surface area contributed by atoms with Crippen molar-refractivity contribution in [2.45, 2.75) is 23.6 Å². The second kappa shape index (κ2) is 5.21. The molecule has 88 valence electrons. The number of hydrogen-bond acceptors (Lipinski definition) is 4. The second-order valence-electron chi connectivity index (χ2n) is 3.89. The van der Waals surface area contributed by atoms with Gasteiger partial charge >= 0.3 is 0 Å². The van der Waals surface area contributed by atoms with E-state index >= 15 is 0 Å². The van der Waals surface area contributed by atoms with Crippen molar-refractivity contribution >= 4 is 17.6 Å². The summed E-state index contributed by atoms with van der Waals surface area (Å²) in [6, 6.07) is 10.4. The van der Waals surface area contributed by atoms with E-state index in [1.54, 1.807) is 18.0 Å². The average Bonchev–Trinajstić information content (AvgIpc) is 2.33. The minimum Gasteiger partial charge on any atom is -0.308 e. The van der Waals surface area contributed by atoms with Crippen molar-refractivity contribution in [2.24, 2.45) is 5.84 Å². The minimum atomic E-state index is 0.680. The number of anilines is 1. The van der Waals surface area contributed by atoms with Crippen LogP contribution < -0.4 is 11.3 Å². The van der Waals surface area contributed by atoms with Crippen LogP contribution >= 0.6 is 11.8 Å². The Morgan fingerprint density at radius 3 is 2.71 bits per heavy atom. The van der Waals surface area contributed by atoms with Gasteiger partial charge in [0.05, 0.1) is 0 Å². The van der Waals surface area contributed by atoms with Gasteiger partial charge in [-0.05, 0) is 37.6 Å². The smallest absolute Gasteiger partial charge is 0.140 e. The molecule has 3 N–H and O–H groups in total. The van der Waals surface area contributed by atoms with Gasteiger partial charge in [0.2, 0.25) is 0 Å². The maximum Gasteiger partial charge on any atom is 0.140 e. The number of hydrazine groups is 1. The maximum atomic E-state index is 5.34. The first-order valence-electron chi connectivity index (χ1n) is 5.37. The Morgan fingerprint density at radius 1 is 1.18 bits per heavy atom. The summed E-state index contributed by atoms with van der Waals surface area (Å²) in [5.41, 5.74) is 5.12. The average molecular weight is 245 g/mol. The lowest BCUT2D eigenvalue weighted by Crippen LogP contribution is -2.07. The number of nitrogen functional groups attached to an aromatic ring is 1. The third-order valence-corrected chi connectivity index (χ3v) is 3.61. The van der Waals surface area contributed by atoms with Crippen LogP contribution in [0.1, 0.15) is 11.1 Å². The molecule has 0 saturated carbocycles. The SMILES string of the molecule is Cc1ccc(Sc2ccnc(NN)c2)c(C)c1. The van der Waals surface area contributed by atoms with Crippen LogP contribution in [0.4, 0.5) is 5.82 Å². The van der Waals surface area contributed by atoms with Crippen LogP contribution in [-0.4, -0.2) is 4.98 Å². The van der Waals surface area contributed by atoms with E-state index in [0.717, 1.165) is 4.90 Å². The molecule has 0 radical (unpaired) electrons. The highest BCUT2D eigenvalue weighted by Gasteiger charge is 2.02. The first-order chi connectivity index (χ1) is 8.19. The largest absolute Gasteiger partial charge is 0.308 e. The molecule has 0 aliphatic heterocycles. The van der Waals surface area contributed by atoms with Gasteiger partial charge < -0.3 is 5.43 Å². The van der Waals surface area contributed by atoms with E-state index in [2.05, 4.69) is 42.5 Å². The maximum absolute atomic E-state index is 5.34. The molecule has 0 saturated heterocycles. The summed E-state index contributed by atoms with van der Waals surface area (Å²) in [5, 5.41) is 0. The van der Waals surface area contributed by atoms with Crippen LogP contribution in [0.25, 0.3) is 0 Å².